The zero-order valence-corrected chi connectivity index (χ0v) is 8.11. The Balaban J connectivity index is 3.14. The number of carbonyl (C=O) groups is 1. The van der Waals surface area contributed by atoms with Crippen LogP contribution in [0.25, 0.3) is 0 Å². The number of aryl methyl sites for hydroxylation is 1. The third kappa shape index (κ3) is 2.24. The Morgan fingerprint density at radius 3 is 2.62 bits per heavy atom. The fourth-order valence-corrected chi connectivity index (χ4v) is 0.951. The van der Waals surface area contributed by atoms with E-state index in [1.54, 1.807) is 6.07 Å². The number of anilines is 1. The Kier molecular flexibility index (Phi) is 2.95. The maximum absolute atomic E-state index is 10.5. The molecular formula is C9H13N3O. The summed E-state index contributed by atoms with van der Waals surface area (Å²) in [6.07, 6.45) is 1.48. The van der Waals surface area contributed by atoms with E-state index in [1.807, 2.05) is 25.9 Å². The molecule has 0 aliphatic heterocycles. The van der Waals surface area contributed by atoms with Crippen molar-refractivity contribution in [3.8, 4) is 0 Å². The lowest BCUT2D eigenvalue weighted by Crippen LogP contribution is -2.13. The number of aldehydes is 1. The smallest absolute Gasteiger partial charge is 0.168 e. The lowest BCUT2D eigenvalue weighted by atomic mass is 10.3. The number of carbonyl (C=O) groups excluding carboxylic acids is 1. The Morgan fingerprint density at radius 1 is 1.46 bits per heavy atom. The van der Waals surface area contributed by atoms with E-state index in [4.69, 9.17) is 0 Å². The third-order valence-electron chi connectivity index (χ3n) is 1.67. The van der Waals surface area contributed by atoms with Gasteiger partial charge in [-0.3, -0.25) is 4.79 Å². The maximum Gasteiger partial charge on any atom is 0.168 e. The monoisotopic (exact) mass is 179 g/mol. The van der Waals surface area contributed by atoms with Gasteiger partial charge in [-0.25, -0.2) is 9.97 Å². The highest BCUT2D eigenvalue weighted by molar-refractivity contribution is 5.73. The molecule has 13 heavy (non-hydrogen) atoms. The van der Waals surface area contributed by atoms with Crippen molar-refractivity contribution in [2.75, 3.05) is 19.0 Å². The summed E-state index contributed by atoms with van der Waals surface area (Å²) < 4.78 is 0. The van der Waals surface area contributed by atoms with E-state index in [0.717, 1.165) is 18.5 Å². The molecule has 0 fully saturated rings. The first-order chi connectivity index (χ1) is 6.17. The predicted molar refractivity (Wildman–Crippen MR) is 51.1 cm³/mol. The average molecular weight is 179 g/mol. The van der Waals surface area contributed by atoms with E-state index < -0.39 is 0 Å². The molecule has 0 unspecified atom stereocenters. The quantitative estimate of drug-likeness (QED) is 0.647. The first-order valence-corrected chi connectivity index (χ1v) is 4.17. The molecule has 0 aromatic carbocycles. The molecule has 1 heterocycles. The number of aromatic nitrogens is 2. The highest BCUT2D eigenvalue weighted by Gasteiger charge is 2.03. The second-order valence-electron chi connectivity index (χ2n) is 2.93. The summed E-state index contributed by atoms with van der Waals surface area (Å²) >= 11 is 0. The van der Waals surface area contributed by atoms with Crippen molar-refractivity contribution in [3.05, 3.63) is 17.6 Å². The number of hydrogen-bond donors (Lipinski definition) is 0. The fourth-order valence-electron chi connectivity index (χ4n) is 0.951. The molecule has 0 N–H and O–H groups in total. The van der Waals surface area contributed by atoms with Gasteiger partial charge in [0.05, 0.1) is 0 Å². The Labute approximate surface area is 77.6 Å². The zero-order chi connectivity index (χ0) is 9.84. The lowest BCUT2D eigenvalue weighted by Gasteiger charge is -2.11. The normalized spacial score (nSPS) is 9.77. The van der Waals surface area contributed by atoms with Crippen LogP contribution in [-0.4, -0.2) is 30.3 Å². The van der Waals surface area contributed by atoms with Gasteiger partial charge in [-0.15, -0.1) is 0 Å². The summed E-state index contributed by atoms with van der Waals surface area (Å²) in [7, 11) is 3.77. The Morgan fingerprint density at radius 2 is 2.15 bits per heavy atom. The Bertz CT molecular complexity index is 310. The SMILES string of the molecule is CCc1nc(C=O)cc(N(C)C)n1. The standard InChI is InChI=1S/C9H13N3O/c1-4-8-10-7(6-13)5-9(11-8)12(2)3/h5-6H,4H2,1-3H3. The molecule has 4 nitrogen and oxygen atoms in total. The third-order valence-corrected chi connectivity index (χ3v) is 1.67. The Hall–Kier alpha value is -1.45. The van der Waals surface area contributed by atoms with Gasteiger partial charge in [0.15, 0.2) is 6.29 Å². The zero-order valence-electron chi connectivity index (χ0n) is 8.11. The van der Waals surface area contributed by atoms with Gasteiger partial charge in [-0.2, -0.15) is 0 Å². The second-order valence-corrected chi connectivity index (χ2v) is 2.93. The molecule has 0 amide bonds. The number of hydrogen-bond acceptors (Lipinski definition) is 4. The van der Waals surface area contributed by atoms with Crippen LogP contribution in [0.2, 0.25) is 0 Å². The lowest BCUT2D eigenvalue weighted by molar-refractivity contribution is 0.111. The van der Waals surface area contributed by atoms with Crippen LogP contribution in [0.5, 0.6) is 0 Å². The predicted octanol–water partition coefficient (Wildman–Crippen LogP) is 0.917. The highest BCUT2D eigenvalue weighted by atomic mass is 16.1. The van der Waals surface area contributed by atoms with Crippen LogP contribution in [0, 0.1) is 0 Å². The van der Waals surface area contributed by atoms with Gasteiger partial charge in [0.2, 0.25) is 0 Å². The summed E-state index contributed by atoms with van der Waals surface area (Å²) in [5.74, 6) is 1.47. The van der Waals surface area contributed by atoms with Gasteiger partial charge in [0, 0.05) is 26.6 Å². The van der Waals surface area contributed by atoms with E-state index in [-0.39, 0.29) is 0 Å². The number of rotatable bonds is 3. The minimum atomic E-state index is 0.440. The molecule has 0 saturated heterocycles. The van der Waals surface area contributed by atoms with E-state index in [1.165, 1.54) is 0 Å². The molecule has 0 radical (unpaired) electrons. The minimum Gasteiger partial charge on any atom is -0.363 e. The van der Waals surface area contributed by atoms with Gasteiger partial charge in [0.25, 0.3) is 0 Å². The van der Waals surface area contributed by atoms with Crippen molar-refractivity contribution >= 4 is 12.1 Å². The fraction of sp³-hybridized carbons (Fsp3) is 0.444. The van der Waals surface area contributed by atoms with Gasteiger partial charge >= 0.3 is 0 Å². The van der Waals surface area contributed by atoms with E-state index in [9.17, 15) is 4.79 Å². The van der Waals surface area contributed by atoms with Crippen LogP contribution >= 0.6 is 0 Å². The molecule has 1 aromatic rings. The van der Waals surface area contributed by atoms with Crippen molar-refractivity contribution in [2.45, 2.75) is 13.3 Å². The van der Waals surface area contributed by atoms with E-state index in [0.29, 0.717) is 11.5 Å². The molecule has 0 spiro atoms. The van der Waals surface area contributed by atoms with E-state index in [2.05, 4.69) is 9.97 Å². The van der Waals surface area contributed by atoms with Crippen LogP contribution in [-0.2, 0) is 6.42 Å². The molecule has 0 bridgehead atoms. The average Bonchev–Trinajstić information content (AvgIpc) is 2.16. The van der Waals surface area contributed by atoms with Gasteiger partial charge in [0.1, 0.15) is 17.3 Å². The summed E-state index contributed by atoms with van der Waals surface area (Å²) in [4.78, 5) is 20.7. The van der Waals surface area contributed by atoms with Crippen LogP contribution < -0.4 is 4.90 Å². The summed E-state index contributed by atoms with van der Waals surface area (Å²) in [6.45, 7) is 1.96. The second kappa shape index (κ2) is 3.98. The van der Waals surface area contributed by atoms with Crippen molar-refractivity contribution in [3.63, 3.8) is 0 Å². The van der Waals surface area contributed by atoms with Crippen molar-refractivity contribution in [2.24, 2.45) is 0 Å². The van der Waals surface area contributed by atoms with Crippen molar-refractivity contribution < 1.29 is 4.79 Å². The molecule has 1 rings (SSSR count). The first-order valence-electron chi connectivity index (χ1n) is 4.17. The number of nitrogens with zero attached hydrogens (tertiary/aromatic N) is 3. The molecule has 0 aliphatic rings. The van der Waals surface area contributed by atoms with Crippen molar-refractivity contribution in [1.82, 2.24) is 9.97 Å². The summed E-state index contributed by atoms with van der Waals surface area (Å²) in [6, 6.07) is 1.67. The maximum atomic E-state index is 10.5. The van der Waals surface area contributed by atoms with E-state index >= 15 is 0 Å². The minimum absolute atomic E-state index is 0.440. The molecule has 4 heteroatoms. The van der Waals surface area contributed by atoms with Crippen LogP contribution in [0.3, 0.4) is 0 Å². The van der Waals surface area contributed by atoms with Crippen LogP contribution in [0.1, 0.15) is 23.2 Å². The first kappa shape index (κ1) is 9.64. The van der Waals surface area contributed by atoms with Crippen molar-refractivity contribution in [1.29, 1.82) is 0 Å². The highest BCUT2D eigenvalue weighted by Crippen LogP contribution is 2.08. The topological polar surface area (TPSA) is 46.1 Å². The van der Waals surface area contributed by atoms with Gasteiger partial charge < -0.3 is 4.90 Å². The molecular weight excluding hydrogens is 166 g/mol. The summed E-state index contributed by atoms with van der Waals surface area (Å²) in [5, 5.41) is 0. The largest absolute Gasteiger partial charge is 0.363 e. The molecule has 0 saturated carbocycles. The van der Waals surface area contributed by atoms with Gasteiger partial charge in [-0.1, -0.05) is 6.92 Å². The molecule has 0 atom stereocenters. The molecule has 70 valence electrons. The van der Waals surface area contributed by atoms with Crippen LogP contribution in [0.15, 0.2) is 6.07 Å². The van der Waals surface area contributed by atoms with Crippen LogP contribution in [0.4, 0.5) is 5.82 Å². The summed E-state index contributed by atoms with van der Waals surface area (Å²) in [5.41, 5.74) is 0.440. The molecule has 1 aromatic heterocycles. The van der Waals surface area contributed by atoms with Gasteiger partial charge in [-0.05, 0) is 0 Å². The molecule has 0 aliphatic carbocycles.